The number of benzene rings is 1. The fourth-order valence-electron chi connectivity index (χ4n) is 1.31. The second-order valence-corrected chi connectivity index (χ2v) is 4.46. The third-order valence-corrected chi connectivity index (χ3v) is 3.11. The van der Waals surface area contributed by atoms with Gasteiger partial charge in [0.15, 0.2) is 0 Å². The number of hydrogen-bond donors (Lipinski definition) is 0. The van der Waals surface area contributed by atoms with E-state index in [4.69, 9.17) is 5.26 Å². The van der Waals surface area contributed by atoms with Crippen LogP contribution < -0.4 is 0 Å². The molecule has 0 saturated carbocycles. The lowest BCUT2D eigenvalue weighted by Gasteiger charge is -2.02. The zero-order valence-electron chi connectivity index (χ0n) is 8.84. The van der Waals surface area contributed by atoms with E-state index in [1.807, 2.05) is 43.3 Å². The largest absolute Gasteiger partial charge is 0.248 e. The fourth-order valence-corrected chi connectivity index (χ4v) is 2.19. The summed E-state index contributed by atoms with van der Waals surface area (Å²) in [6, 6.07) is 14.1. The van der Waals surface area contributed by atoms with Crippen LogP contribution in [0.15, 0.2) is 52.5 Å². The molecule has 2 nitrogen and oxygen atoms in total. The van der Waals surface area contributed by atoms with Crippen LogP contribution in [0.4, 0.5) is 0 Å². The zero-order valence-corrected chi connectivity index (χ0v) is 9.66. The van der Waals surface area contributed by atoms with Gasteiger partial charge in [0.1, 0.15) is 11.1 Å². The first kappa shape index (κ1) is 10.7. The summed E-state index contributed by atoms with van der Waals surface area (Å²) in [5.41, 5.74) is 1.60. The second-order valence-electron chi connectivity index (χ2n) is 3.36. The van der Waals surface area contributed by atoms with Crippen LogP contribution in [0.3, 0.4) is 0 Å². The number of nitriles is 1. The van der Waals surface area contributed by atoms with Crippen molar-refractivity contribution >= 4 is 11.8 Å². The zero-order chi connectivity index (χ0) is 11.4. The van der Waals surface area contributed by atoms with Crippen molar-refractivity contribution in [2.45, 2.75) is 16.8 Å². The molecule has 0 aliphatic heterocycles. The Labute approximate surface area is 99.0 Å². The first-order chi connectivity index (χ1) is 7.79. The summed E-state index contributed by atoms with van der Waals surface area (Å²) >= 11 is 1.60. The highest BCUT2D eigenvalue weighted by Crippen LogP contribution is 2.26. The Morgan fingerprint density at radius 2 is 2.00 bits per heavy atom. The minimum absolute atomic E-state index is 0.636. The lowest BCUT2D eigenvalue weighted by Crippen LogP contribution is -1.87. The lowest BCUT2D eigenvalue weighted by molar-refractivity contribution is 1.10. The van der Waals surface area contributed by atoms with Crippen LogP contribution in [0.2, 0.25) is 0 Å². The van der Waals surface area contributed by atoms with Gasteiger partial charge < -0.3 is 0 Å². The van der Waals surface area contributed by atoms with Gasteiger partial charge in [-0.2, -0.15) is 5.26 Å². The van der Waals surface area contributed by atoms with E-state index in [2.05, 4.69) is 11.1 Å². The number of rotatable bonds is 2. The van der Waals surface area contributed by atoms with E-state index in [1.54, 1.807) is 18.0 Å². The maximum Gasteiger partial charge on any atom is 0.101 e. The molecule has 78 valence electrons. The van der Waals surface area contributed by atoms with Gasteiger partial charge in [0.05, 0.1) is 5.56 Å². The van der Waals surface area contributed by atoms with E-state index < -0.39 is 0 Å². The highest BCUT2D eigenvalue weighted by atomic mass is 32.2. The molecule has 0 saturated heterocycles. The molecule has 16 heavy (non-hydrogen) atoms. The molecule has 2 aromatic rings. The first-order valence-corrected chi connectivity index (χ1v) is 5.71. The monoisotopic (exact) mass is 226 g/mol. The van der Waals surface area contributed by atoms with Crippen molar-refractivity contribution in [1.82, 2.24) is 4.98 Å². The molecule has 0 atom stereocenters. The fraction of sp³-hybridized carbons (Fsp3) is 0.0769. The molecule has 0 aliphatic rings. The molecule has 0 bridgehead atoms. The molecular weight excluding hydrogens is 216 g/mol. The average Bonchev–Trinajstić information content (AvgIpc) is 2.31. The number of aryl methyl sites for hydroxylation is 1. The Kier molecular flexibility index (Phi) is 3.23. The molecule has 0 radical (unpaired) electrons. The van der Waals surface area contributed by atoms with E-state index in [0.29, 0.717) is 5.56 Å². The normalized spacial score (nSPS) is 9.75. The summed E-state index contributed by atoms with van der Waals surface area (Å²) in [5, 5.41) is 9.72. The standard InChI is InChI=1S/C13H10N2S/c1-10-7-13(15-9-11(10)8-14)16-12-5-3-2-4-6-12/h2-7,9H,1H3. The predicted molar refractivity (Wildman–Crippen MR) is 64.3 cm³/mol. The Morgan fingerprint density at radius 1 is 1.25 bits per heavy atom. The van der Waals surface area contributed by atoms with Crippen LogP contribution in [0.5, 0.6) is 0 Å². The van der Waals surface area contributed by atoms with Gasteiger partial charge in [-0.15, -0.1) is 0 Å². The maximum absolute atomic E-state index is 8.80. The summed E-state index contributed by atoms with van der Waals surface area (Å²) in [6.07, 6.45) is 1.63. The molecule has 1 heterocycles. The van der Waals surface area contributed by atoms with Crippen molar-refractivity contribution in [3.63, 3.8) is 0 Å². The molecule has 0 fully saturated rings. The Morgan fingerprint density at radius 3 is 2.62 bits per heavy atom. The molecule has 0 spiro atoms. The van der Waals surface area contributed by atoms with E-state index in [9.17, 15) is 0 Å². The molecule has 1 aromatic heterocycles. The molecule has 3 heteroatoms. The Balaban J connectivity index is 2.24. The molecule has 0 amide bonds. The molecule has 0 N–H and O–H groups in total. The lowest BCUT2D eigenvalue weighted by atomic mass is 10.2. The quantitative estimate of drug-likeness (QED) is 0.787. The summed E-state index contributed by atoms with van der Waals surface area (Å²) in [5.74, 6) is 0. The van der Waals surface area contributed by atoms with Crippen molar-refractivity contribution < 1.29 is 0 Å². The summed E-state index contributed by atoms with van der Waals surface area (Å²) in [6.45, 7) is 1.93. The van der Waals surface area contributed by atoms with Gasteiger partial charge in [-0.3, -0.25) is 0 Å². The SMILES string of the molecule is Cc1cc(Sc2ccccc2)ncc1C#N. The van der Waals surface area contributed by atoms with E-state index in [0.717, 1.165) is 15.5 Å². The van der Waals surface area contributed by atoms with E-state index in [-0.39, 0.29) is 0 Å². The first-order valence-electron chi connectivity index (χ1n) is 4.89. The molecular formula is C13H10N2S. The summed E-state index contributed by atoms with van der Waals surface area (Å²) in [7, 11) is 0. The number of aromatic nitrogens is 1. The molecule has 2 rings (SSSR count). The van der Waals surface area contributed by atoms with Gasteiger partial charge in [0.2, 0.25) is 0 Å². The van der Waals surface area contributed by atoms with E-state index >= 15 is 0 Å². The van der Waals surface area contributed by atoms with Gasteiger partial charge in [-0.25, -0.2) is 4.98 Å². The third-order valence-electron chi connectivity index (χ3n) is 2.17. The Hall–Kier alpha value is -1.79. The van der Waals surface area contributed by atoms with Gasteiger partial charge in [0, 0.05) is 11.1 Å². The summed E-state index contributed by atoms with van der Waals surface area (Å²) in [4.78, 5) is 5.40. The summed E-state index contributed by atoms with van der Waals surface area (Å²) < 4.78 is 0. The predicted octanol–water partition coefficient (Wildman–Crippen LogP) is 3.41. The molecule has 1 aromatic carbocycles. The van der Waals surface area contributed by atoms with Gasteiger partial charge >= 0.3 is 0 Å². The van der Waals surface area contributed by atoms with Crippen LogP contribution in [-0.4, -0.2) is 4.98 Å². The van der Waals surface area contributed by atoms with Gasteiger partial charge in [-0.05, 0) is 30.7 Å². The highest BCUT2D eigenvalue weighted by molar-refractivity contribution is 7.99. The highest BCUT2D eigenvalue weighted by Gasteiger charge is 2.02. The van der Waals surface area contributed by atoms with Crippen LogP contribution in [0.25, 0.3) is 0 Å². The molecule has 0 unspecified atom stereocenters. The van der Waals surface area contributed by atoms with Crippen LogP contribution in [0, 0.1) is 18.3 Å². The Bertz CT molecular complexity index is 529. The van der Waals surface area contributed by atoms with Crippen molar-refractivity contribution in [3.05, 3.63) is 53.7 Å². The minimum Gasteiger partial charge on any atom is -0.248 e. The average molecular weight is 226 g/mol. The van der Waals surface area contributed by atoms with Gasteiger partial charge in [-0.1, -0.05) is 30.0 Å². The van der Waals surface area contributed by atoms with Crippen molar-refractivity contribution in [2.24, 2.45) is 0 Å². The van der Waals surface area contributed by atoms with Gasteiger partial charge in [0.25, 0.3) is 0 Å². The maximum atomic E-state index is 8.80. The van der Waals surface area contributed by atoms with Crippen molar-refractivity contribution in [1.29, 1.82) is 5.26 Å². The third kappa shape index (κ3) is 2.41. The smallest absolute Gasteiger partial charge is 0.101 e. The van der Waals surface area contributed by atoms with E-state index in [1.165, 1.54) is 0 Å². The number of hydrogen-bond acceptors (Lipinski definition) is 3. The van der Waals surface area contributed by atoms with Crippen molar-refractivity contribution in [3.8, 4) is 6.07 Å². The number of pyridine rings is 1. The molecule has 0 aliphatic carbocycles. The minimum atomic E-state index is 0.636. The van der Waals surface area contributed by atoms with Crippen LogP contribution >= 0.6 is 11.8 Å². The van der Waals surface area contributed by atoms with Crippen LogP contribution in [-0.2, 0) is 0 Å². The van der Waals surface area contributed by atoms with Crippen LogP contribution in [0.1, 0.15) is 11.1 Å². The second kappa shape index (κ2) is 4.82. The topological polar surface area (TPSA) is 36.7 Å². The number of nitrogens with zero attached hydrogens (tertiary/aromatic N) is 2. The van der Waals surface area contributed by atoms with Crippen molar-refractivity contribution in [2.75, 3.05) is 0 Å².